The number of rotatable bonds is 5. The van der Waals surface area contributed by atoms with Crippen molar-refractivity contribution < 1.29 is 14.8 Å². The number of nitrogens with one attached hydrogen (secondary N) is 2. The first-order valence-corrected chi connectivity index (χ1v) is 9.00. The molecule has 2 aliphatic rings. The van der Waals surface area contributed by atoms with Gasteiger partial charge in [0.05, 0.1) is 4.92 Å². The van der Waals surface area contributed by atoms with Crippen LogP contribution in [-0.4, -0.2) is 57.3 Å². The lowest BCUT2D eigenvalue weighted by Gasteiger charge is -2.39. The van der Waals surface area contributed by atoms with Crippen LogP contribution in [0, 0.1) is 10.1 Å². The molecule has 2 heterocycles. The van der Waals surface area contributed by atoms with Crippen LogP contribution in [0.15, 0.2) is 12.4 Å². The fraction of sp³-hybridized carbons (Fsp3) is 0.688. The highest BCUT2D eigenvalue weighted by molar-refractivity contribution is 5.65. The van der Waals surface area contributed by atoms with Crippen LogP contribution < -0.4 is 15.5 Å². The van der Waals surface area contributed by atoms with Crippen molar-refractivity contribution in [3.63, 3.8) is 0 Å². The van der Waals surface area contributed by atoms with E-state index in [0.29, 0.717) is 12.5 Å². The van der Waals surface area contributed by atoms with Crippen molar-refractivity contribution in [2.24, 2.45) is 0 Å². The summed E-state index contributed by atoms with van der Waals surface area (Å²) < 4.78 is 0. The molecule has 142 valence electrons. The lowest BCUT2D eigenvalue weighted by Crippen LogP contribution is -2.57. The fourth-order valence-corrected chi connectivity index (χ4v) is 3.83. The third kappa shape index (κ3) is 4.57. The molecule has 0 spiro atoms. The first-order chi connectivity index (χ1) is 12.5. The topological polar surface area (TPSA) is 134 Å². The van der Waals surface area contributed by atoms with Crippen molar-refractivity contribution in [1.82, 2.24) is 20.6 Å². The van der Waals surface area contributed by atoms with Crippen LogP contribution in [0.4, 0.5) is 16.4 Å². The molecule has 0 aromatic carbocycles. The molecule has 1 saturated carbocycles. The summed E-state index contributed by atoms with van der Waals surface area (Å²) in [6.45, 7) is 1.51. The van der Waals surface area contributed by atoms with Crippen molar-refractivity contribution in [2.45, 2.75) is 56.7 Å². The first kappa shape index (κ1) is 18.3. The van der Waals surface area contributed by atoms with E-state index < -0.39 is 11.0 Å². The summed E-state index contributed by atoms with van der Waals surface area (Å²) >= 11 is 0. The van der Waals surface area contributed by atoms with Gasteiger partial charge in [0.1, 0.15) is 12.4 Å². The number of amides is 1. The highest BCUT2D eigenvalue weighted by Gasteiger charge is 2.30. The maximum atomic E-state index is 11.0. The zero-order valence-corrected chi connectivity index (χ0v) is 14.5. The summed E-state index contributed by atoms with van der Waals surface area (Å²) in [7, 11) is 0. The Kier molecular flexibility index (Phi) is 5.82. The minimum Gasteiger partial charge on any atom is -0.465 e. The zero-order valence-electron chi connectivity index (χ0n) is 14.5. The van der Waals surface area contributed by atoms with Crippen LogP contribution in [0.25, 0.3) is 0 Å². The predicted molar refractivity (Wildman–Crippen MR) is 94.3 cm³/mol. The maximum Gasteiger partial charge on any atom is 0.404 e. The van der Waals surface area contributed by atoms with E-state index in [0.717, 1.165) is 45.1 Å². The van der Waals surface area contributed by atoms with Gasteiger partial charge < -0.3 is 20.6 Å². The van der Waals surface area contributed by atoms with Gasteiger partial charge in [0.2, 0.25) is 5.95 Å². The molecule has 10 heteroatoms. The highest BCUT2D eigenvalue weighted by Crippen LogP contribution is 2.22. The normalized spacial score (nSPS) is 26.3. The SMILES string of the molecule is O=C(O)NC1CCCCC1NC1CCCN(c2ncc([N+](=O)[O-])cn2)C1. The van der Waals surface area contributed by atoms with Gasteiger partial charge in [0, 0.05) is 31.2 Å². The second-order valence-corrected chi connectivity index (χ2v) is 6.90. The molecular weight excluding hydrogens is 340 g/mol. The molecule has 1 aromatic heterocycles. The summed E-state index contributed by atoms with van der Waals surface area (Å²) in [6.07, 6.45) is 7.38. The Balaban J connectivity index is 1.60. The summed E-state index contributed by atoms with van der Waals surface area (Å²) in [6, 6.07) is 0.276. The number of nitrogens with zero attached hydrogens (tertiary/aromatic N) is 4. The number of hydrogen-bond donors (Lipinski definition) is 3. The van der Waals surface area contributed by atoms with Crippen molar-refractivity contribution >= 4 is 17.7 Å². The van der Waals surface area contributed by atoms with E-state index in [-0.39, 0.29) is 23.8 Å². The minimum absolute atomic E-state index is 0.0627. The van der Waals surface area contributed by atoms with Crippen molar-refractivity contribution in [1.29, 1.82) is 0 Å². The summed E-state index contributed by atoms with van der Waals surface area (Å²) in [5.41, 5.74) is -0.120. The molecule has 3 unspecified atom stereocenters. The Morgan fingerprint density at radius 3 is 2.54 bits per heavy atom. The average Bonchev–Trinajstić information content (AvgIpc) is 2.63. The lowest BCUT2D eigenvalue weighted by atomic mass is 9.89. The number of aromatic nitrogens is 2. The molecular formula is C16H24N6O4. The van der Waals surface area contributed by atoms with E-state index >= 15 is 0 Å². The molecule has 3 rings (SSSR count). The van der Waals surface area contributed by atoms with Crippen LogP contribution in [0.1, 0.15) is 38.5 Å². The number of piperidine rings is 1. The molecule has 1 saturated heterocycles. The van der Waals surface area contributed by atoms with Gasteiger partial charge in [0.25, 0.3) is 0 Å². The molecule has 0 bridgehead atoms. The minimum atomic E-state index is -0.978. The first-order valence-electron chi connectivity index (χ1n) is 9.00. The molecule has 1 aromatic rings. The fourth-order valence-electron chi connectivity index (χ4n) is 3.83. The Morgan fingerprint density at radius 2 is 1.88 bits per heavy atom. The Bertz CT molecular complexity index is 640. The number of anilines is 1. The van der Waals surface area contributed by atoms with E-state index in [9.17, 15) is 14.9 Å². The second kappa shape index (κ2) is 8.26. The van der Waals surface area contributed by atoms with E-state index in [4.69, 9.17) is 5.11 Å². The van der Waals surface area contributed by atoms with E-state index in [1.54, 1.807) is 0 Å². The number of hydrogen-bond acceptors (Lipinski definition) is 7. The van der Waals surface area contributed by atoms with Gasteiger partial charge in [0.15, 0.2) is 0 Å². The summed E-state index contributed by atoms with van der Waals surface area (Å²) in [5, 5.41) is 26.0. The van der Waals surface area contributed by atoms with E-state index in [2.05, 4.69) is 20.6 Å². The molecule has 1 aliphatic heterocycles. The van der Waals surface area contributed by atoms with Crippen LogP contribution in [0.5, 0.6) is 0 Å². The number of carbonyl (C=O) groups is 1. The Labute approximate surface area is 151 Å². The van der Waals surface area contributed by atoms with Crippen LogP contribution >= 0.6 is 0 Å². The van der Waals surface area contributed by atoms with Gasteiger partial charge in [-0.3, -0.25) is 10.1 Å². The molecule has 26 heavy (non-hydrogen) atoms. The van der Waals surface area contributed by atoms with Gasteiger partial charge in [-0.15, -0.1) is 0 Å². The monoisotopic (exact) mass is 364 g/mol. The zero-order chi connectivity index (χ0) is 18.5. The molecule has 3 N–H and O–H groups in total. The summed E-state index contributed by atoms with van der Waals surface area (Å²) in [5.74, 6) is 0.492. The standard InChI is InChI=1S/C16H24N6O4/c23-16(24)20-14-6-2-1-5-13(14)19-11-4-3-7-21(10-11)15-17-8-12(9-18-15)22(25)26/h8-9,11,13-14,19-20H,1-7,10H2,(H,23,24). The summed E-state index contributed by atoms with van der Waals surface area (Å²) in [4.78, 5) is 31.5. The van der Waals surface area contributed by atoms with Gasteiger partial charge >= 0.3 is 11.8 Å². The molecule has 3 atom stereocenters. The predicted octanol–water partition coefficient (Wildman–Crippen LogP) is 1.52. The lowest BCUT2D eigenvalue weighted by molar-refractivity contribution is -0.385. The van der Waals surface area contributed by atoms with Crippen molar-refractivity contribution in [2.75, 3.05) is 18.0 Å². The number of carboxylic acid groups (broad SMARTS) is 1. The molecule has 0 radical (unpaired) electrons. The van der Waals surface area contributed by atoms with Crippen LogP contribution in [0.2, 0.25) is 0 Å². The molecule has 1 amide bonds. The molecule has 2 fully saturated rings. The molecule has 10 nitrogen and oxygen atoms in total. The Hall–Kier alpha value is -2.49. The Morgan fingerprint density at radius 1 is 1.19 bits per heavy atom. The van der Waals surface area contributed by atoms with Crippen LogP contribution in [0.3, 0.4) is 0 Å². The quantitative estimate of drug-likeness (QED) is 0.529. The maximum absolute atomic E-state index is 11.0. The van der Waals surface area contributed by atoms with Crippen molar-refractivity contribution in [3.05, 3.63) is 22.5 Å². The third-order valence-electron chi connectivity index (χ3n) is 5.06. The van der Waals surface area contributed by atoms with E-state index in [1.807, 2.05) is 4.90 Å². The van der Waals surface area contributed by atoms with Crippen molar-refractivity contribution in [3.8, 4) is 0 Å². The van der Waals surface area contributed by atoms with Crippen LogP contribution in [-0.2, 0) is 0 Å². The average molecular weight is 364 g/mol. The van der Waals surface area contributed by atoms with E-state index in [1.165, 1.54) is 12.4 Å². The number of nitro groups is 1. The van der Waals surface area contributed by atoms with Gasteiger partial charge in [-0.25, -0.2) is 14.8 Å². The third-order valence-corrected chi connectivity index (χ3v) is 5.06. The second-order valence-electron chi connectivity index (χ2n) is 6.90. The largest absolute Gasteiger partial charge is 0.465 e. The van der Waals surface area contributed by atoms with Gasteiger partial charge in [-0.2, -0.15) is 0 Å². The molecule has 1 aliphatic carbocycles. The van der Waals surface area contributed by atoms with Gasteiger partial charge in [-0.1, -0.05) is 12.8 Å². The highest BCUT2D eigenvalue weighted by atomic mass is 16.6. The van der Waals surface area contributed by atoms with Gasteiger partial charge in [-0.05, 0) is 25.7 Å². The smallest absolute Gasteiger partial charge is 0.404 e.